The molecule has 0 amide bonds. The average molecular weight is 244 g/mol. The largest absolute Gasteiger partial charge is 0.508 e. The molecule has 0 spiro atoms. The van der Waals surface area contributed by atoms with E-state index in [9.17, 15) is 9.90 Å². The topological polar surface area (TPSA) is 46.5 Å². The van der Waals surface area contributed by atoms with Crippen molar-refractivity contribution in [2.24, 2.45) is 0 Å². The van der Waals surface area contributed by atoms with E-state index < -0.39 is 5.41 Å². The van der Waals surface area contributed by atoms with E-state index in [1.165, 1.54) is 0 Å². The number of carbonyl (C=O) groups is 1. The number of ether oxygens (including phenoxy) is 1. The highest BCUT2D eigenvalue weighted by Crippen LogP contribution is 2.34. The van der Waals surface area contributed by atoms with Crippen LogP contribution in [0.5, 0.6) is 5.75 Å². The zero-order chi connectivity index (χ0) is 13.0. The zero-order valence-corrected chi connectivity index (χ0v) is 10.3. The van der Waals surface area contributed by atoms with Crippen molar-refractivity contribution in [2.75, 3.05) is 6.61 Å². The molecule has 3 heteroatoms. The highest BCUT2D eigenvalue weighted by Gasteiger charge is 2.39. The summed E-state index contributed by atoms with van der Waals surface area (Å²) in [7, 11) is 0. The van der Waals surface area contributed by atoms with E-state index in [-0.39, 0.29) is 11.7 Å². The maximum absolute atomic E-state index is 12.2. The minimum atomic E-state index is -0.765. The minimum absolute atomic E-state index is 0.188. The first kappa shape index (κ1) is 12.4. The van der Waals surface area contributed by atoms with Crippen molar-refractivity contribution in [3.8, 4) is 5.75 Å². The molecule has 1 atom stereocenters. The van der Waals surface area contributed by atoms with Gasteiger partial charge in [-0.1, -0.05) is 36.4 Å². The normalized spacial score (nSPS) is 21.8. The molecule has 1 aliphatic rings. The molecule has 3 nitrogen and oxygen atoms in total. The molecule has 0 fully saturated rings. The van der Waals surface area contributed by atoms with Gasteiger partial charge < -0.3 is 9.84 Å². The van der Waals surface area contributed by atoms with Crippen LogP contribution in [0.4, 0.5) is 0 Å². The van der Waals surface area contributed by atoms with E-state index in [0.717, 1.165) is 5.56 Å². The van der Waals surface area contributed by atoms with E-state index in [4.69, 9.17) is 4.74 Å². The number of hydrogen-bond donors (Lipinski definition) is 1. The maximum Gasteiger partial charge on any atom is 0.320 e. The molecule has 0 aliphatic heterocycles. The molecule has 0 heterocycles. The lowest BCUT2D eigenvalue weighted by Crippen LogP contribution is -2.36. The first-order valence-electron chi connectivity index (χ1n) is 6.00. The van der Waals surface area contributed by atoms with Crippen molar-refractivity contribution >= 4 is 5.97 Å². The maximum atomic E-state index is 12.2. The van der Waals surface area contributed by atoms with Gasteiger partial charge in [0.2, 0.25) is 0 Å². The molecule has 1 unspecified atom stereocenters. The number of allylic oxidation sites excluding steroid dienone is 3. The van der Waals surface area contributed by atoms with Gasteiger partial charge in [0, 0.05) is 0 Å². The van der Waals surface area contributed by atoms with Crippen molar-refractivity contribution in [3.05, 3.63) is 54.1 Å². The fraction of sp³-hybridized carbons (Fsp3) is 0.267. The molecular formula is C15H16O3. The molecule has 1 aromatic carbocycles. The van der Waals surface area contributed by atoms with Crippen LogP contribution in [-0.4, -0.2) is 17.7 Å². The molecule has 0 saturated carbocycles. The third-order valence-electron chi connectivity index (χ3n) is 3.09. The van der Waals surface area contributed by atoms with Crippen LogP contribution in [0.1, 0.15) is 18.9 Å². The van der Waals surface area contributed by atoms with Crippen LogP contribution in [0.25, 0.3) is 0 Å². The van der Waals surface area contributed by atoms with Gasteiger partial charge in [0.05, 0.1) is 6.61 Å². The zero-order valence-electron chi connectivity index (χ0n) is 10.3. The van der Waals surface area contributed by atoms with Crippen LogP contribution >= 0.6 is 0 Å². The Labute approximate surface area is 106 Å². The van der Waals surface area contributed by atoms with Crippen molar-refractivity contribution in [1.29, 1.82) is 0 Å². The summed E-state index contributed by atoms with van der Waals surface area (Å²) in [6.45, 7) is 2.15. The van der Waals surface area contributed by atoms with Crippen molar-refractivity contribution < 1.29 is 14.6 Å². The summed E-state index contributed by atoms with van der Waals surface area (Å²) in [5.41, 5.74) is 0.0673. The lowest BCUT2D eigenvalue weighted by Gasteiger charge is -2.29. The number of phenols is 1. The number of aromatic hydroxyl groups is 1. The average Bonchev–Trinajstić information content (AvgIpc) is 2.40. The van der Waals surface area contributed by atoms with Crippen LogP contribution in [0.3, 0.4) is 0 Å². The first-order valence-corrected chi connectivity index (χ1v) is 6.00. The quantitative estimate of drug-likeness (QED) is 0.831. The second-order valence-electron chi connectivity index (χ2n) is 4.23. The summed E-state index contributed by atoms with van der Waals surface area (Å²) < 4.78 is 5.18. The van der Waals surface area contributed by atoms with Crippen LogP contribution in [0.2, 0.25) is 0 Å². The number of phenolic OH excluding ortho intramolecular Hbond substituents is 1. The third-order valence-corrected chi connectivity index (χ3v) is 3.09. The number of esters is 1. The van der Waals surface area contributed by atoms with E-state index in [1.54, 1.807) is 31.2 Å². The summed E-state index contributed by atoms with van der Waals surface area (Å²) in [5.74, 6) is -0.0654. The summed E-state index contributed by atoms with van der Waals surface area (Å²) in [4.78, 5) is 12.2. The molecule has 1 N–H and O–H groups in total. The Kier molecular flexibility index (Phi) is 3.51. The molecule has 0 radical (unpaired) electrons. The van der Waals surface area contributed by atoms with Gasteiger partial charge >= 0.3 is 5.97 Å². The molecule has 1 aliphatic carbocycles. The molecule has 94 valence electrons. The van der Waals surface area contributed by atoms with Gasteiger partial charge in [0.1, 0.15) is 11.2 Å². The van der Waals surface area contributed by atoms with Gasteiger partial charge in [-0.05, 0) is 31.0 Å². The second kappa shape index (κ2) is 5.08. The Morgan fingerprint density at radius 3 is 2.61 bits per heavy atom. The number of carbonyl (C=O) groups excluding carboxylic acids is 1. The SMILES string of the molecule is CCOC(=O)C1(c2ccc(O)cc2)C=CC=CC1. The Morgan fingerprint density at radius 2 is 2.06 bits per heavy atom. The van der Waals surface area contributed by atoms with Gasteiger partial charge in [-0.2, -0.15) is 0 Å². The summed E-state index contributed by atoms with van der Waals surface area (Å²) in [6.07, 6.45) is 8.15. The molecule has 1 aromatic rings. The van der Waals surface area contributed by atoms with Gasteiger partial charge in [-0.15, -0.1) is 0 Å². The number of benzene rings is 1. The lowest BCUT2D eigenvalue weighted by molar-refractivity contribution is -0.148. The minimum Gasteiger partial charge on any atom is -0.508 e. The standard InChI is InChI=1S/C15H16O3/c1-2-18-14(17)15(10-4-3-5-11-15)12-6-8-13(16)9-7-12/h3-10,16H,2,11H2,1H3. The Balaban J connectivity index is 2.42. The molecule has 2 rings (SSSR count). The first-order chi connectivity index (χ1) is 8.69. The fourth-order valence-electron chi connectivity index (χ4n) is 2.12. The Morgan fingerprint density at radius 1 is 1.33 bits per heavy atom. The van der Waals surface area contributed by atoms with Crippen LogP contribution in [-0.2, 0) is 14.9 Å². The number of rotatable bonds is 3. The highest BCUT2D eigenvalue weighted by atomic mass is 16.5. The molecule has 0 bridgehead atoms. The summed E-state index contributed by atoms with van der Waals surface area (Å²) in [5, 5.41) is 9.33. The molecule has 0 aromatic heterocycles. The van der Waals surface area contributed by atoms with Gasteiger partial charge in [0.25, 0.3) is 0 Å². The predicted molar refractivity (Wildman–Crippen MR) is 69.3 cm³/mol. The Hall–Kier alpha value is -2.03. The van der Waals surface area contributed by atoms with Gasteiger partial charge in [0.15, 0.2) is 0 Å². The highest BCUT2D eigenvalue weighted by molar-refractivity contribution is 5.86. The Bertz CT molecular complexity index is 485. The van der Waals surface area contributed by atoms with E-state index >= 15 is 0 Å². The monoisotopic (exact) mass is 244 g/mol. The summed E-state index contributed by atoms with van der Waals surface area (Å²) >= 11 is 0. The smallest absolute Gasteiger partial charge is 0.320 e. The molecule has 18 heavy (non-hydrogen) atoms. The number of hydrogen-bond acceptors (Lipinski definition) is 3. The van der Waals surface area contributed by atoms with Crippen LogP contribution in [0, 0.1) is 0 Å². The summed E-state index contributed by atoms with van der Waals surface area (Å²) in [6, 6.07) is 6.69. The molecular weight excluding hydrogens is 228 g/mol. The van der Waals surface area contributed by atoms with E-state index in [0.29, 0.717) is 13.0 Å². The third kappa shape index (κ3) is 2.16. The predicted octanol–water partition coefficient (Wildman–Crippen LogP) is 2.71. The van der Waals surface area contributed by atoms with E-state index in [2.05, 4.69) is 0 Å². The fourth-order valence-corrected chi connectivity index (χ4v) is 2.12. The van der Waals surface area contributed by atoms with Crippen molar-refractivity contribution in [3.63, 3.8) is 0 Å². The van der Waals surface area contributed by atoms with Gasteiger partial charge in [-0.3, -0.25) is 4.79 Å². The van der Waals surface area contributed by atoms with E-state index in [1.807, 2.05) is 24.3 Å². The van der Waals surface area contributed by atoms with Crippen LogP contribution in [0.15, 0.2) is 48.6 Å². The lowest BCUT2D eigenvalue weighted by atomic mass is 9.75. The van der Waals surface area contributed by atoms with Crippen molar-refractivity contribution in [2.45, 2.75) is 18.8 Å². The molecule has 0 saturated heterocycles. The van der Waals surface area contributed by atoms with Crippen LogP contribution < -0.4 is 0 Å². The van der Waals surface area contributed by atoms with Gasteiger partial charge in [-0.25, -0.2) is 0 Å². The second-order valence-corrected chi connectivity index (χ2v) is 4.23. The van der Waals surface area contributed by atoms with Crippen molar-refractivity contribution in [1.82, 2.24) is 0 Å².